The van der Waals surface area contributed by atoms with E-state index in [1.54, 1.807) is 91.7 Å². The first kappa shape index (κ1) is 74.8. The largest absolute Gasteiger partial charge is 0.481 e. The first-order valence-electron chi connectivity index (χ1n) is 31.5. The minimum absolute atomic E-state index is 0.00645. The van der Waals surface area contributed by atoms with Crippen molar-refractivity contribution in [1.82, 2.24) is 4.57 Å². The number of hydrogen-bond donors (Lipinski definition) is 14. The molecule has 22 atom stereocenters. The summed E-state index contributed by atoms with van der Waals surface area (Å²) in [6.07, 6.45) is 5.66. The predicted molar refractivity (Wildman–Crippen MR) is 338 cm³/mol. The molecule has 2 aromatic rings. The number of aromatic nitrogens is 1. The molecule has 6 unspecified atom stereocenters. The number of fused-ring (bicyclic) bond motifs is 3. The standard InChI is InChI=1S/C47H73NO17.C19H18ClF2N3O3/c1-27-17-15-13-11-9-7-5-6-8-10-12-14-16-18-34(64-46-44(58)41(48)43(57)30(4)63-46)24-38-40(45(59)60)37(54)26-47(61,65-38)25-33(51)21-31(49)19-20-35(52)36(53)22-32(50)23-39(55)62-29(3)28(2)42(27)56;20-14-15-8(17(26)9(18(27)28)5-25(15)12-4-10(12)21)3-11(22)16(14)24-6-13(23)19(7-24)1-2-19/h5-18,27-38,40-44,46,49-54,56-58,61H,19-26,48H2,1-4H3,(H,59,60);3,5,10,12-13H,1-2,4,6-7,23H2,(H,27,28)/b6-5+,9-7+,10-8+,13-11+,14-12+,17-15+,18-16+;/t27-,28+,29-,30?,31-,32+,33-,34-,35-,36-,37-,38-,40+,41?,42+,43?,44?,46?,47+;10-,12?,13+/m00/s1. The van der Waals surface area contributed by atoms with Crippen molar-refractivity contribution in [2.45, 2.75) is 214 Å². The van der Waals surface area contributed by atoms with Gasteiger partial charge in [0.25, 0.3) is 0 Å². The van der Waals surface area contributed by atoms with Crippen molar-refractivity contribution in [3.05, 3.63) is 124 Å². The van der Waals surface area contributed by atoms with Crippen molar-refractivity contribution in [2.75, 3.05) is 18.0 Å². The SMILES string of the molecule is CC1OC(O[C@H]2/C=C/C=C/C=C/C=C/C=C/C=C/C=C/[C@H](C)[C@@H](O)[C@H](C)[C@H](C)OC(=O)C[C@H](O)C[C@H](O)[C@@H](O)CC[C@H](O)C[C@H](O)C[C@]3(O)C[C@H](O)[C@@H](C(=O)O)[C@H](C2)O3)C(O)C(N)C1O.N[C@@H]1CN(c2c(F)cc3c(=O)c(C(=O)O)cn(C4C[C@@H]4F)c3c2Cl)CC12CC2. The number of rotatable bonds is 6. The van der Waals surface area contributed by atoms with Gasteiger partial charge in [0.05, 0.1) is 107 Å². The van der Waals surface area contributed by atoms with Crippen LogP contribution in [0.2, 0.25) is 5.02 Å². The van der Waals surface area contributed by atoms with Crippen LogP contribution in [0.1, 0.15) is 115 Å². The van der Waals surface area contributed by atoms with Crippen molar-refractivity contribution < 1.29 is 103 Å². The lowest BCUT2D eigenvalue weighted by molar-refractivity contribution is -0.308. The summed E-state index contributed by atoms with van der Waals surface area (Å²) in [6.45, 7) is 7.73. The highest BCUT2D eigenvalue weighted by atomic mass is 35.5. The number of carboxylic acids is 2. The first-order valence-corrected chi connectivity index (χ1v) is 31.9. The molecule has 4 aliphatic heterocycles. The molecule has 8 rings (SSSR count). The van der Waals surface area contributed by atoms with E-state index < -0.39 is 182 Å². The Labute approximate surface area is 542 Å². The molecule has 93 heavy (non-hydrogen) atoms. The maximum absolute atomic E-state index is 15.0. The number of halogens is 3. The Hall–Kier alpha value is -5.63. The third kappa shape index (κ3) is 19.5. The Morgan fingerprint density at radius 3 is 1.90 bits per heavy atom. The number of anilines is 1. The van der Waals surface area contributed by atoms with Crippen molar-refractivity contribution >= 4 is 46.1 Å². The molecule has 6 aliphatic rings. The summed E-state index contributed by atoms with van der Waals surface area (Å²) in [5, 5.41) is 127. The zero-order valence-electron chi connectivity index (χ0n) is 52.4. The summed E-state index contributed by atoms with van der Waals surface area (Å²) in [5.41, 5.74) is 11.2. The smallest absolute Gasteiger partial charge is 0.341 e. The second-order valence-corrected chi connectivity index (χ2v) is 26.1. The second-order valence-electron chi connectivity index (χ2n) is 25.7. The highest BCUT2D eigenvalue weighted by Gasteiger charge is 2.55. The van der Waals surface area contributed by atoms with E-state index in [-0.39, 0.29) is 71.1 Å². The lowest BCUT2D eigenvalue weighted by atomic mass is 9.82. The van der Waals surface area contributed by atoms with Gasteiger partial charge in [-0.1, -0.05) is 111 Å². The highest BCUT2D eigenvalue weighted by molar-refractivity contribution is 6.38. The number of hydrogen-bond acceptors (Lipinski definition) is 21. The minimum Gasteiger partial charge on any atom is -0.481 e. The fourth-order valence-electron chi connectivity index (χ4n) is 12.4. The van der Waals surface area contributed by atoms with Gasteiger partial charge >= 0.3 is 17.9 Å². The number of benzene rings is 1. The molecule has 5 heterocycles. The number of ether oxygens (including phenoxy) is 4. The van der Waals surface area contributed by atoms with E-state index in [0.29, 0.717) is 13.1 Å². The Morgan fingerprint density at radius 2 is 1.33 bits per heavy atom. The lowest BCUT2D eigenvalue weighted by Crippen LogP contribution is -2.61. The van der Waals surface area contributed by atoms with E-state index in [1.165, 1.54) is 17.6 Å². The van der Waals surface area contributed by atoms with Gasteiger partial charge in [-0.15, -0.1) is 0 Å². The van der Waals surface area contributed by atoms with Crippen molar-refractivity contribution in [3.63, 3.8) is 0 Å². The summed E-state index contributed by atoms with van der Waals surface area (Å²) in [5.74, 6) is -8.98. The van der Waals surface area contributed by atoms with E-state index in [1.807, 2.05) is 13.0 Å². The number of aliphatic hydroxyl groups excluding tert-OH is 9. The number of aliphatic carboxylic acids is 1. The Kier molecular flexibility index (Phi) is 26.4. The van der Waals surface area contributed by atoms with Crippen LogP contribution in [0, 0.1) is 29.0 Å². The number of pyridine rings is 1. The van der Waals surface area contributed by atoms with Crippen molar-refractivity contribution in [2.24, 2.45) is 34.6 Å². The molecule has 3 saturated heterocycles. The molecule has 27 heteroatoms. The van der Waals surface area contributed by atoms with Gasteiger partial charge in [-0.2, -0.15) is 0 Å². The zero-order valence-corrected chi connectivity index (χ0v) is 53.1. The molecule has 5 fully saturated rings. The molecule has 516 valence electrons. The van der Waals surface area contributed by atoms with Crippen LogP contribution in [0.25, 0.3) is 10.9 Å². The van der Waals surface area contributed by atoms with Crippen LogP contribution in [0.4, 0.5) is 14.5 Å². The van der Waals surface area contributed by atoms with Gasteiger partial charge in [0.1, 0.15) is 35.7 Å². The van der Waals surface area contributed by atoms with E-state index in [0.717, 1.165) is 25.1 Å². The number of aromatic carboxylic acids is 1. The summed E-state index contributed by atoms with van der Waals surface area (Å²) < 4.78 is 53.4. The lowest BCUT2D eigenvalue weighted by Gasteiger charge is -2.45. The van der Waals surface area contributed by atoms with E-state index in [9.17, 15) is 84.8 Å². The number of allylic oxidation sites excluding steroid dienone is 12. The van der Waals surface area contributed by atoms with Gasteiger partial charge < -0.3 is 101 Å². The molecule has 16 N–H and O–H groups in total. The van der Waals surface area contributed by atoms with E-state index in [4.69, 9.17) is 42.0 Å². The Balaban J connectivity index is 0.000000357. The molecular weight excluding hydrogens is 1240 g/mol. The third-order valence-corrected chi connectivity index (χ3v) is 18.8. The van der Waals surface area contributed by atoms with Gasteiger partial charge in [-0.25, -0.2) is 13.6 Å². The number of alkyl halides is 1. The number of esters is 1. The van der Waals surface area contributed by atoms with E-state index >= 15 is 4.39 Å². The summed E-state index contributed by atoms with van der Waals surface area (Å²) in [4.78, 5) is 50.9. The van der Waals surface area contributed by atoms with E-state index in [2.05, 4.69) is 0 Å². The molecule has 0 radical (unpaired) electrons. The van der Waals surface area contributed by atoms with Gasteiger partial charge in [0.2, 0.25) is 5.43 Å². The van der Waals surface area contributed by atoms with Crippen LogP contribution >= 0.6 is 11.6 Å². The highest BCUT2D eigenvalue weighted by Crippen LogP contribution is 2.54. The average molecular weight is 1330 g/mol. The van der Waals surface area contributed by atoms with Gasteiger partial charge in [0, 0.05) is 74.7 Å². The molecular formula is C66H91ClF2N4O20. The monoisotopic (exact) mass is 1330 g/mol. The molecule has 2 saturated carbocycles. The zero-order chi connectivity index (χ0) is 68.4. The minimum atomic E-state index is -2.29. The third-order valence-electron chi connectivity index (χ3n) is 18.4. The van der Waals surface area contributed by atoms with Crippen LogP contribution in [-0.4, -0.2) is 207 Å². The molecule has 2 bridgehead atoms. The van der Waals surface area contributed by atoms with Crippen LogP contribution in [0.3, 0.4) is 0 Å². The van der Waals surface area contributed by atoms with Crippen LogP contribution in [0.5, 0.6) is 0 Å². The molecule has 24 nitrogen and oxygen atoms in total. The van der Waals surface area contributed by atoms with Gasteiger partial charge in [-0.3, -0.25) is 14.4 Å². The molecule has 1 aromatic heterocycles. The number of nitrogens with zero attached hydrogens (tertiary/aromatic N) is 2. The van der Waals surface area contributed by atoms with Crippen LogP contribution in [0.15, 0.2) is 102 Å². The van der Waals surface area contributed by atoms with Crippen molar-refractivity contribution in [1.29, 1.82) is 0 Å². The van der Waals surface area contributed by atoms with Crippen molar-refractivity contribution in [3.8, 4) is 0 Å². The average Bonchev–Trinajstić information content (AvgIpc) is 1.65. The predicted octanol–water partition coefficient (Wildman–Crippen LogP) is 3.41. The summed E-state index contributed by atoms with van der Waals surface area (Å²) in [6, 6.07) is -0.836. The molecule has 0 amide bonds. The van der Waals surface area contributed by atoms with Gasteiger partial charge in [-0.05, 0) is 52.0 Å². The van der Waals surface area contributed by atoms with Crippen LogP contribution in [-0.2, 0) is 28.5 Å². The number of cyclic esters (lactones) is 1. The van der Waals surface area contributed by atoms with Gasteiger partial charge in [0.15, 0.2) is 12.1 Å². The maximum Gasteiger partial charge on any atom is 0.341 e. The molecule has 2 aliphatic carbocycles. The van der Waals surface area contributed by atoms with Crippen LogP contribution < -0.4 is 21.8 Å². The fourth-order valence-corrected chi connectivity index (χ4v) is 12.8. The first-order chi connectivity index (χ1) is 43.8. The number of carbonyl (C=O) groups is 3. The Bertz CT molecular complexity index is 3180. The summed E-state index contributed by atoms with van der Waals surface area (Å²) >= 11 is 6.56. The fraction of sp³-hybridized carbons (Fsp3) is 0.606. The maximum atomic E-state index is 15.0. The second kappa shape index (κ2) is 32.9. The quantitative estimate of drug-likeness (QED) is 0.184. The molecule has 1 spiro atoms. The number of aliphatic hydroxyl groups is 10. The molecule has 1 aromatic carbocycles. The number of carbonyl (C=O) groups excluding carboxylic acids is 1. The normalized spacial score (nSPS) is 40.1. The summed E-state index contributed by atoms with van der Waals surface area (Å²) in [7, 11) is 0. The number of nitrogens with two attached hydrogens (primary N) is 2. The number of carboxylic acid groups (broad SMARTS) is 2. The topological polar surface area (TPSA) is 408 Å². The Morgan fingerprint density at radius 1 is 0.731 bits per heavy atom.